The number of methoxy groups -OCH3 is 1. The Morgan fingerprint density at radius 1 is 0.968 bits per heavy atom. The van der Waals surface area contributed by atoms with E-state index in [1.807, 2.05) is 12.1 Å². The molecule has 1 N–H and O–H groups in total. The van der Waals surface area contributed by atoms with Gasteiger partial charge in [0.05, 0.1) is 17.7 Å². The molecule has 162 valence electrons. The lowest BCUT2D eigenvalue weighted by molar-refractivity contribution is -0.119. The highest BCUT2D eigenvalue weighted by molar-refractivity contribution is 7.92. The Morgan fingerprint density at radius 3 is 2.26 bits per heavy atom. The summed E-state index contributed by atoms with van der Waals surface area (Å²) >= 11 is 11.9. The second-order valence-corrected chi connectivity index (χ2v) is 9.31. The number of nitrogens with one attached hydrogen (secondary N) is 1. The summed E-state index contributed by atoms with van der Waals surface area (Å²) in [6.45, 7) is -0.172. The summed E-state index contributed by atoms with van der Waals surface area (Å²) < 4.78 is 32.7. The molecule has 0 saturated heterocycles. The Balaban J connectivity index is 1.82. The minimum atomic E-state index is -4.04. The molecule has 0 radical (unpaired) electrons. The number of carbonyl (C=O) groups is 1. The summed E-state index contributed by atoms with van der Waals surface area (Å²) in [7, 11) is -2.46. The van der Waals surface area contributed by atoms with Crippen LogP contribution in [-0.4, -0.2) is 28.0 Å². The van der Waals surface area contributed by atoms with Crippen LogP contribution in [0.15, 0.2) is 77.7 Å². The van der Waals surface area contributed by atoms with Crippen LogP contribution in [0.3, 0.4) is 0 Å². The number of hydrogen-bond acceptors (Lipinski definition) is 4. The van der Waals surface area contributed by atoms with Crippen molar-refractivity contribution < 1.29 is 17.9 Å². The van der Waals surface area contributed by atoms with Gasteiger partial charge in [-0.3, -0.25) is 9.10 Å². The molecule has 0 spiro atoms. The Hall–Kier alpha value is -2.74. The number of amides is 1. The number of nitrogens with zero attached hydrogens (tertiary/aromatic N) is 1. The predicted molar refractivity (Wildman–Crippen MR) is 122 cm³/mol. The molecule has 0 fully saturated rings. The van der Waals surface area contributed by atoms with Crippen LogP contribution in [0.4, 0.5) is 5.69 Å². The molecular formula is C22H20Cl2N2O4S. The van der Waals surface area contributed by atoms with E-state index < -0.39 is 22.5 Å². The van der Waals surface area contributed by atoms with E-state index in [0.717, 1.165) is 9.87 Å². The van der Waals surface area contributed by atoms with Gasteiger partial charge >= 0.3 is 0 Å². The maximum atomic E-state index is 13.3. The Bertz CT molecular complexity index is 1150. The van der Waals surface area contributed by atoms with Gasteiger partial charge in [0.2, 0.25) is 5.91 Å². The topological polar surface area (TPSA) is 75.7 Å². The quantitative estimate of drug-likeness (QED) is 0.516. The van der Waals surface area contributed by atoms with Crippen LogP contribution >= 0.6 is 23.2 Å². The van der Waals surface area contributed by atoms with Crippen LogP contribution in [0.2, 0.25) is 10.0 Å². The normalized spacial score (nSPS) is 11.1. The lowest BCUT2D eigenvalue weighted by Gasteiger charge is -2.24. The summed E-state index contributed by atoms with van der Waals surface area (Å²) in [4.78, 5) is 12.7. The highest BCUT2D eigenvalue weighted by Crippen LogP contribution is 2.26. The van der Waals surface area contributed by atoms with Gasteiger partial charge in [-0.1, -0.05) is 41.4 Å². The van der Waals surface area contributed by atoms with E-state index in [9.17, 15) is 13.2 Å². The SMILES string of the molecule is COc1ccc(CNC(=O)CN(c2cccc(Cl)c2)S(=O)(=O)c2ccc(Cl)cc2)cc1. The molecule has 0 aliphatic rings. The van der Waals surface area contributed by atoms with Crippen LogP contribution < -0.4 is 14.4 Å². The van der Waals surface area contributed by atoms with Gasteiger partial charge in [0.15, 0.2) is 0 Å². The first kappa shape index (κ1) is 22.9. The minimum Gasteiger partial charge on any atom is -0.497 e. The summed E-state index contributed by atoms with van der Waals surface area (Å²) in [6.07, 6.45) is 0. The summed E-state index contributed by atoms with van der Waals surface area (Å²) in [5.74, 6) is 0.240. The van der Waals surface area contributed by atoms with Gasteiger partial charge in [-0.15, -0.1) is 0 Å². The van der Waals surface area contributed by atoms with E-state index in [4.69, 9.17) is 27.9 Å². The molecule has 9 heteroatoms. The van der Waals surface area contributed by atoms with Crippen molar-refractivity contribution in [1.82, 2.24) is 5.32 Å². The maximum Gasteiger partial charge on any atom is 0.264 e. The van der Waals surface area contributed by atoms with Crippen LogP contribution in [0.1, 0.15) is 5.56 Å². The molecule has 1 amide bonds. The molecule has 3 aromatic rings. The monoisotopic (exact) mass is 478 g/mol. The number of halogens is 2. The van der Waals surface area contributed by atoms with Gasteiger partial charge in [0.1, 0.15) is 12.3 Å². The predicted octanol–water partition coefficient (Wildman–Crippen LogP) is 4.51. The number of benzene rings is 3. The van der Waals surface area contributed by atoms with Gasteiger partial charge in [0.25, 0.3) is 10.0 Å². The number of anilines is 1. The van der Waals surface area contributed by atoms with E-state index >= 15 is 0 Å². The van der Waals surface area contributed by atoms with E-state index in [2.05, 4.69) is 5.32 Å². The third-order valence-electron chi connectivity index (χ3n) is 4.43. The number of rotatable bonds is 8. The van der Waals surface area contributed by atoms with Crippen molar-refractivity contribution in [3.05, 3.63) is 88.4 Å². The van der Waals surface area contributed by atoms with Crippen molar-refractivity contribution >= 4 is 44.8 Å². The van der Waals surface area contributed by atoms with E-state index in [1.165, 1.54) is 30.3 Å². The molecule has 0 aliphatic carbocycles. The average molecular weight is 479 g/mol. The van der Waals surface area contributed by atoms with Crippen LogP contribution in [0, 0.1) is 0 Å². The van der Waals surface area contributed by atoms with Crippen LogP contribution in [0.25, 0.3) is 0 Å². The fraction of sp³-hybridized carbons (Fsp3) is 0.136. The standard InChI is InChI=1S/C22H20Cl2N2O4S/c1-30-20-9-5-16(6-10-20)14-25-22(27)15-26(19-4-2-3-18(24)13-19)31(28,29)21-11-7-17(23)8-12-21/h2-13H,14-15H2,1H3,(H,25,27). The highest BCUT2D eigenvalue weighted by Gasteiger charge is 2.27. The molecular weight excluding hydrogens is 459 g/mol. The molecule has 6 nitrogen and oxygen atoms in total. The molecule has 0 saturated carbocycles. The van der Waals surface area contributed by atoms with Crippen molar-refractivity contribution in [3.8, 4) is 5.75 Å². The number of ether oxygens (including phenoxy) is 1. The fourth-order valence-corrected chi connectivity index (χ4v) is 4.53. The summed E-state index contributed by atoms with van der Waals surface area (Å²) in [5.41, 5.74) is 1.13. The third-order valence-corrected chi connectivity index (χ3v) is 6.71. The third kappa shape index (κ3) is 5.91. The molecule has 0 bridgehead atoms. The zero-order valence-electron chi connectivity index (χ0n) is 16.6. The van der Waals surface area contributed by atoms with Gasteiger partial charge in [-0.05, 0) is 60.2 Å². The first-order valence-corrected chi connectivity index (χ1v) is 11.4. The molecule has 0 heterocycles. The second-order valence-electron chi connectivity index (χ2n) is 6.57. The van der Waals surface area contributed by atoms with Crippen molar-refractivity contribution in [2.75, 3.05) is 18.0 Å². The molecule has 3 aromatic carbocycles. The minimum absolute atomic E-state index is 0.0137. The maximum absolute atomic E-state index is 13.3. The average Bonchev–Trinajstić information content (AvgIpc) is 2.76. The van der Waals surface area contributed by atoms with Gasteiger partial charge in [-0.25, -0.2) is 8.42 Å². The smallest absolute Gasteiger partial charge is 0.264 e. The van der Waals surface area contributed by atoms with E-state index in [-0.39, 0.29) is 17.1 Å². The molecule has 0 aliphatic heterocycles. The highest BCUT2D eigenvalue weighted by atomic mass is 35.5. The van der Waals surface area contributed by atoms with Crippen molar-refractivity contribution in [3.63, 3.8) is 0 Å². The van der Waals surface area contributed by atoms with Gasteiger partial charge in [-0.2, -0.15) is 0 Å². The Morgan fingerprint density at radius 2 is 1.65 bits per heavy atom. The van der Waals surface area contributed by atoms with E-state index in [0.29, 0.717) is 15.8 Å². The van der Waals surface area contributed by atoms with Crippen molar-refractivity contribution in [2.24, 2.45) is 0 Å². The molecule has 0 unspecified atom stereocenters. The molecule has 0 atom stereocenters. The number of carbonyl (C=O) groups excluding carboxylic acids is 1. The van der Waals surface area contributed by atoms with Crippen LogP contribution in [0.5, 0.6) is 5.75 Å². The Kier molecular flexibility index (Phi) is 7.43. The number of sulfonamides is 1. The zero-order chi connectivity index (χ0) is 22.4. The summed E-state index contributed by atoms with van der Waals surface area (Å²) in [6, 6.07) is 19.3. The largest absolute Gasteiger partial charge is 0.497 e. The lowest BCUT2D eigenvalue weighted by atomic mass is 10.2. The molecule has 3 rings (SSSR count). The van der Waals surface area contributed by atoms with Crippen molar-refractivity contribution in [1.29, 1.82) is 0 Å². The summed E-state index contributed by atoms with van der Waals surface area (Å²) in [5, 5.41) is 3.51. The Labute approximate surface area is 191 Å². The van der Waals surface area contributed by atoms with Gasteiger partial charge < -0.3 is 10.1 Å². The first-order valence-electron chi connectivity index (χ1n) is 9.23. The lowest BCUT2D eigenvalue weighted by Crippen LogP contribution is -2.40. The molecule has 31 heavy (non-hydrogen) atoms. The second kappa shape index (κ2) is 10.0. The van der Waals surface area contributed by atoms with Crippen molar-refractivity contribution in [2.45, 2.75) is 11.4 Å². The van der Waals surface area contributed by atoms with E-state index in [1.54, 1.807) is 37.4 Å². The fourth-order valence-electron chi connectivity index (χ4n) is 2.81. The molecule has 0 aromatic heterocycles. The zero-order valence-corrected chi connectivity index (χ0v) is 18.9. The van der Waals surface area contributed by atoms with Gasteiger partial charge in [0, 0.05) is 16.6 Å². The first-order chi connectivity index (χ1) is 14.8. The van der Waals surface area contributed by atoms with Crippen LogP contribution in [-0.2, 0) is 21.4 Å². The number of hydrogen-bond donors (Lipinski definition) is 1.